The Hall–Kier alpha value is -0.570. The Morgan fingerprint density at radius 3 is 2.63 bits per heavy atom. The van der Waals surface area contributed by atoms with Gasteiger partial charge in [0, 0.05) is 6.04 Å². The van der Waals surface area contributed by atoms with Crippen LogP contribution in [0.2, 0.25) is 0 Å². The minimum Gasteiger partial charge on any atom is -0.468 e. The Balaban J connectivity index is 2.03. The molecule has 0 aromatic carbocycles. The fourth-order valence-corrected chi connectivity index (χ4v) is 4.00. The van der Waals surface area contributed by atoms with Crippen LogP contribution in [0.3, 0.4) is 0 Å². The molecule has 1 saturated carbocycles. The highest BCUT2D eigenvalue weighted by Gasteiger charge is 2.39. The van der Waals surface area contributed by atoms with E-state index in [0.717, 1.165) is 31.7 Å². The molecule has 110 valence electrons. The molecule has 3 nitrogen and oxygen atoms in total. The van der Waals surface area contributed by atoms with Crippen molar-refractivity contribution >= 4 is 5.97 Å². The van der Waals surface area contributed by atoms with Crippen molar-refractivity contribution in [3.63, 3.8) is 0 Å². The highest BCUT2D eigenvalue weighted by atomic mass is 16.5. The summed E-state index contributed by atoms with van der Waals surface area (Å²) in [5.41, 5.74) is 0. The van der Waals surface area contributed by atoms with Crippen LogP contribution in [0.1, 0.15) is 64.7 Å². The van der Waals surface area contributed by atoms with Crippen molar-refractivity contribution in [1.82, 2.24) is 4.90 Å². The number of unbranched alkanes of at least 4 members (excludes halogenated alkanes) is 1. The number of nitrogens with zero attached hydrogens (tertiary/aromatic N) is 1. The summed E-state index contributed by atoms with van der Waals surface area (Å²) >= 11 is 0. The number of likely N-dealkylation sites (tertiary alicyclic amines) is 1. The minimum absolute atomic E-state index is 0.0121. The Morgan fingerprint density at radius 1 is 1.26 bits per heavy atom. The van der Waals surface area contributed by atoms with Crippen molar-refractivity contribution in [2.24, 2.45) is 5.92 Å². The number of esters is 1. The third-order valence-corrected chi connectivity index (χ3v) is 4.99. The third-order valence-electron chi connectivity index (χ3n) is 4.99. The lowest BCUT2D eigenvalue weighted by Gasteiger charge is -2.34. The number of methoxy groups -OCH3 is 1. The lowest BCUT2D eigenvalue weighted by atomic mass is 9.94. The quantitative estimate of drug-likeness (QED) is 0.691. The van der Waals surface area contributed by atoms with E-state index >= 15 is 0 Å². The van der Waals surface area contributed by atoms with Gasteiger partial charge in [0.2, 0.25) is 0 Å². The van der Waals surface area contributed by atoms with Gasteiger partial charge in [-0.05, 0) is 44.6 Å². The SMILES string of the molecule is CCCCC(C(=O)OC)N1CCCC1C1CCCC1. The molecule has 0 N–H and O–H groups in total. The second-order valence-corrected chi connectivity index (χ2v) is 6.17. The lowest BCUT2D eigenvalue weighted by Crippen LogP contribution is -2.47. The van der Waals surface area contributed by atoms with E-state index in [2.05, 4.69) is 11.8 Å². The summed E-state index contributed by atoms with van der Waals surface area (Å²) in [7, 11) is 1.53. The maximum absolute atomic E-state index is 12.1. The molecule has 2 rings (SSSR count). The van der Waals surface area contributed by atoms with Gasteiger partial charge in [0.05, 0.1) is 7.11 Å². The Labute approximate surface area is 117 Å². The van der Waals surface area contributed by atoms with E-state index in [4.69, 9.17) is 4.74 Å². The van der Waals surface area contributed by atoms with Gasteiger partial charge in [0.25, 0.3) is 0 Å². The minimum atomic E-state index is -0.0154. The summed E-state index contributed by atoms with van der Waals surface area (Å²) in [4.78, 5) is 14.6. The van der Waals surface area contributed by atoms with Crippen molar-refractivity contribution in [3.8, 4) is 0 Å². The van der Waals surface area contributed by atoms with E-state index in [-0.39, 0.29) is 12.0 Å². The molecule has 2 unspecified atom stereocenters. The number of hydrogen-bond acceptors (Lipinski definition) is 3. The topological polar surface area (TPSA) is 29.5 Å². The maximum Gasteiger partial charge on any atom is 0.323 e. The molecule has 1 aliphatic heterocycles. The van der Waals surface area contributed by atoms with Crippen LogP contribution in [-0.2, 0) is 9.53 Å². The van der Waals surface area contributed by atoms with Gasteiger partial charge < -0.3 is 4.74 Å². The summed E-state index contributed by atoms with van der Waals surface area (Å²) < 4.78 is 5.05. The summed E-state index contributed by atoms with van der Waals surface area (Å²) in [5.74, 6) is 0.814. The molecular formula is C16H29NO2. The zero-order chi connectivity index (χ0) is 13.7. The third kappa shape index (κ3) is 3.50. The zero-order valence-corrected chi connectivity index (χ0v) is 12.6. The van der Waals surface area contributed by atoms with Crippen LogP contribution < -0.4 is 0 Å². The predicted octanol–water partition coefficient (Wildman–Crippen LogP) is 3.37. The number of ether oxygens (including phenoxy) is 1. The van der Waals surface area contributed by atoms with Gasteiger partial charge in [0.1, 0.15) is 6.04 Å². The summed E-state index contributed by atoms with van der Waals surface area (Å²) in [5, 5.41) is 0. The van der Waals surface area contributed by atoms with Crippen molar-refractivity contribution in [2.75, 3.05) is 13.7 Å². The van der Waals surface area contributed by atoms with Crippen LogP contribution in [0.15, 0.2) is 0 Å². The number of rotatable bonds is 6. The van der Waals surface area contributed by atoms with Gasteiger partial charge in [-0.3, -0.25) is 9.69 Å². The van der Waals surface area contributed by atoms with Gasteiger partial charge >= 0.3 is 5.97 Å². The summed E-state index contributed by atoms with van der Waals surface area (Å²) in [6, 6.07) is 0.654. The van der Waals surface area contributed by atoms with E-state index in [1.807, 2.05) is 0 Å². The van der Waals surface area contributed by atoms with Crippen molar-refractivity contribution in [2.45, 2.75) is 76.8 Å². The molecule has 1 heterocycles. The fourth-order valence-electron chi connectivity index (χ4n) is 4.00. The van der Waals surface area contributed by atoms with Crippen LogP contribution in [0.4, 0.5) is 0 Å². The molecule has 0 aromatic rings. The zero-order valence-electron chi connectivity index (χ0n) is 12.6. The Bertz CT molecular complexity index is 286. The van der Waals surface area contributed by atoms with Gasteiger partial charge in [-0.15, -0.1) is 0 Å². The molecule has 0 spiro atoms. The summed E-state index contributed by atoms with van der Waals surface area (Å²) in [6.07, 6.45) is 11.3. The lowest BCUT2D eigenvalue weighted by molar-refractivity contribution is -0.148. The van der Waals surface area contributed by atoms with Crippen molar-refractivity contribution in [1.29, 1.82) is 0 Å². The molecule has 2 fully saturated rings. The Morgan fingerprint density at radius 2 is 2.00 bits per heavy atom. The first-order valence-electron chi connectivity index (χ1n) is 8.11. The summed E-state index contributed by atoms with van der Waals surface area (Å²) in [6.45, 7) is 3.28. The second-order valence-electron chi connectivity index (χ2n) is 6.17. The number of hydrogen-bond donors (Lipinski definition) is 0. The van der Waals surface area contributed by atoms with Gasteiger partial charge in [-0.1, -0.05) is 32.6 Å². The Kier molecular flexibility index (Phi) is 5.68. The smallest absolute Gasteiger partial charge is 0.323 e. The normalized spacial score (nSPS) is 26.7. The molecule has 1 aliphatic carbocycles. The van der Waals surface area contributed by atoms with E-state index in [0.29, 0.717) is 6.04 Å². The van der Waals surface area contributed by atoms with Gasteiger partial charge in [0.15, 0.2) is 0 Å². The molecule has 0 amide bonds. The van der Waals surface area contributed by atoms with E-state index < -0.39 is 0 Å². The first-order chi connectivity index (χ1) is 9.27. The highest BCUT2D eigenvalue weighted by molar-refractivity contribution is 5.75. The maximum atomic E-state index is 12.1. The van der Waals surface area contributed by atoms with Crippen LogP contribution >= 0.6 is 0 Å². The van der Waals surface area contributed by atoms with Crippen LogP contribution in [0.25, 0.3) is 0 Å². The monoisotopic (exact) mass is 267 g/mol. The fraction of sp³-hybridized carbons (Fsp3) is 0.938. The molecule has 2 atom stereocenters. The number of carbonyl (C=O) groups excluding carboxylic acids is 1. The van der Waals surface area contributed by atoms with Gasteiger partial charge in [-0.2, -0.15) is 0 Å². The molecular weight excluding hydrogens is 238 g/mol. The molecule has 2 aliphatic rings. The molecule has 19 heavy (non-hydrogen) atoms. The average molecular weight is 267 g/mol. The molecule has 1 saturated heterocycles. The molecule has 3 heteroatoms. The molecule has 0 aromatic heterocycles. The van der Waals surface area contributed by atoms with Crippen LogP contribution in [0.5, 0.6) is 0 Å². The van der Waals surface area contributed by atoms with Gasteiger partial charge in [-0.25, -0.2) is 0 Å². The van der Waals surface area contributed by atoms with E-state index in [1.54, 1.807) is 0 Å². The molecule has 0 radical (unpaired) electrons. The first-order valence-corrected chi connectivity index (χ1v) is 8.11. The van der Waals surface area contributed by atoms with Crippen LogP contribution in [-0.4, -0.2) is 36.6 Å². The number of carbonyl (C=O) groups is 1. The first kappa shape index (κ1) is 14.8. The van der Waals surface area contributed by atoms with Crippen molar-refractivity contribution < 1.29 is 9.53 Å². The van der Waals surface area contributed by atoms with Crippen molar-refractivity contribution in [3.05, 3.63) is 0 Å². The standard InChI is InChI=1S/C16H29NO2/c1-3-4-10-15(16(18)19-2)17-12-7-11-14(17)13-8-5-6-9-13/h13-15H,3-12H2,1-2H3. The average Bonchev–Trinajstić information content (AvgIpc) is 3.09. The highest BCUT2D eigenvalue weighted by Crippen LogP contribution is 2.37. The second kappa shape index (κ2) is 7.28. The van der Waals surface area contributed by atoms with E-state index in [9.17, 15) is 4.79 Å². The largest absolute Gasteiger partial charge is 0.468 e. The van der Waals surface area contributed by atoms with Crippen LogP contribution in [0, 0.1) is 5.92 Å². The molecule has 0 bridgehead atoms. The predicted molar refractivity (Wildman–Crippen MR) is 77.0 cm³/mol. The van der Waals surface area contributed by atoms with E-state index in [1.165, 1.54) is 45.6 Å².